The van der Waals surface area contributed by atoms with Crippen LogP contribution in [-0.4, -0.2) is 62.8 Å². The van der Waals surface area contributed by atoms with E-state index in [1.165, 1.54) is 16.9 Å². The van der Waals surface area contributed by atoms with E-state index >= 15 is 0 Å². The number of allylic oxidation sites excluding steroid dienone is 1. The molecule has 29 heavy (non-hydrogen) atoms. The number of benzene rings is 1. The Morgan fingerprint density at radius 1 is 1.14 bits per heavy atom. The molecule has 1 aromatic rings. The maximum Gasteiger partial charge on any atom is 0.387 e. The number of hydrogen-bond donors (Lipinski definition) is 0. The normalized spacial score (nSPS) is 17.3. The van der Waals surface area contributed by atoms with Crippen molar-refractivity contribution in [2.45, 2.75) is 33.4 Å². The Kier molecular flexibility index (Phi) is 7.18. The lowest BCUT2D eigenvalue weighted by molar-refractivity contribution is -0.141. The number of ether oxygens (including phenoxy) is 3. The topological polar surface area (TPSA) is 68.3 Å². The second kappa shape index (κ2) is 9.21. The summed E-state index contributed by atoms with van der Waals surface area (Å²) < 4.78 is 40.2. The highest BCUT2D eigenvalue weighted by Crippen LogP contribution is 2.39. The Morgan fingerprint density at radius 3 is 2.24 bits per heavy atom. The summed E-state index contributed by atoms with van der Waals surface area (Å²) in [6, 6.07) is 2.25. The minimum Gasteiger partial charge on any atom is -0.460 e. The molecule has 0 unspecified atom stereocenters. The third-order valence-corrected chi connectivity index (χ3v) is 4.89. The molecule has 2 rings (SSSR count). The number of rotatable bonds is 7. The molecular formula is C20H26F2N2O5. The number of carbonyl (C=O) groups is 2. The average molecular weight is 412 g/mol. The van der Waals surface area contributed by atoms with Crippen LogP contribution in [0.4, 0.5) is 13.6 Å². The molecule has 1 aliphatic heterocycles. The van der Waals surface area contributed by atoms with Gasteiger partial charge in [-0.05, 0) is 49.6 Å². The van der Waals surface area contributed by atoms with Crippen LogP contribution in [0.1, 0.15) is 29.7 Å². The van der Waals surface area contributed by atoms with Gasteiger partial charge < -0.3 is 24.0 Å². The fourth-order valence-corrected chi connectivity index (χ4v) is 3.42. The van der Waals surface area contributed by atoms with Crippen molar-refractivity contribution >= 4 is 12.0 Å². The summed E-state index contributed by atoms with van der Waals surface area (Å²) in [6.07, 6.45) is 0. The second-order valence-electron chi connectivity index (χ2n) is 6.85. The fraction of sp³-hybridized carbons (Fsp3) is 0.500. The molecule has 0 spiro atoms. The largest absolute Gasteiger partial charge is 0.460 e. The van der Waals surface area contributed by atoms with Crippen molar-refractivity contribution in [3.05, 3.63) is 40.1 Å². The van der Waals surface area contributed by atoms with E-state index in [1.807, 2.05) is 0 Å². The van der Waals surface area contributed by atoms with E-state index in [2.05, 4.69) is 4.74 Å². The van der Waals surface area contributed by atoms with Crippen molar-refractivity contribution in [2.75, 3.05) is 34.4 Å². The third-order valence-electron chi connectivity index (χ3n) is 4.89. The highest BCUT2D eigenvalue weighted by atomic mass is 19.3. The zero-order valence-electron chi connectivity index (χ0n) is 17.4. The van der Waals surface area contributed by atoms with Crippen LogP contribution in [0.5, 0.6) is 5.75 Å². The Labute approximate surface area is 168 Å². The molecule has 0 N–H and O–H groups in total. The third kappa shape index (κ3) is 4.67. The number of aryl methyl sites for hydroxylation is 2. The van der Waals surface area contributed by atoms with E-state index in [1.54, 1.807) is 47.0 Å². The Hall–Kier alpha value is -2.68. The summed E-state index contributed by atoms with van der Waals surface area (Å²) in [5, 5.41) is 0. The van der Waals surface area contributed by atoms with Gasteiger partial charge in [0.2, 0.25) is 0 Å². The van der Waals surface area contributed by atoms with E-state index in [0.717, 1.165) is 0 Å². The minimum absolute atomic E-state index is 0.0689. The van der Waals surface area contributed by atoms with Gasteiger partial charge in [0.15, 0.2) is 0 Å². The Balaban J connectivity index is 2.54. The number of alkyl halides is 2. The average Bonchev–Trinajstić information content (AvgIpc) is 2.65. The first-order valence-electron chi connectivity index (χ1n) is 9.03. The Bertz CT molecular complexity index is 802. The zero-order chi connectivity index (χ0) is 21.9. The SMILES string of the molecule is COCCOC(=O)C1=C(C)N(C)C(=O)N(C)[C@H]1c1cc(C)c(OC(F)F)c(C)c1. The molecule has 0 aliphatic carbocycles. The monoisotopic (exact) mass is 412 g/mol. The van der Waals surface area contributed by atoms with E-state index in [0.29, 0.717) is 28.0 Å². The van der Waals surface area contributed by atoms with Gasteiger partial charge in [-0.2, -0.15) is 8.78 Å². The zero-order valence-corrected chi connectivity index (χ0v) is 17.4. The lowest BCUT2D eigenvalue weighted by Gasteiger charge is -2.39. The number of methoxy groups -OCH3 is 1. The summed E-state index contributed by atoms with van der Waals surface area (Å²) in [4.78, 5) is 28.3. The van der Waals surface area contributed by atoms with Gasteiger partial charge in [-0.25, -0.2) is 9.59 Å². The lowest BCUT2D eigenvalue weighted by Crippen LogP contribution is -2.47. The fourth-order valence-electron chi connectivity index (χ4n) is 3.42. The quantitative estimate of drug-likeness (QED) is 0.507. The van der Waals surface area contributed by atoms with Crippen LogP contribution in [-0.2, 0) is 14.3 Å². The highest BCUT2D eigenvalue weighted by Gasteiger charge is 2.39. The molecule has 0 radical (unpaired) electrons. The van der Waals surface area contributed by atoms with Crippen LogP contribution < -0.4 is 4.74 Å². The number of urea groups is 1. The molecule has 1 atom stereocenters. The molecule has 160 valence electrons. The van der Waals surface area contributed by atoms with Crippen molar-refractivity contribution in [1.29, 1.82) is 0 Å². The number of amides is 2. The van der Waals surface area contributed by atoms with Crippen LogP contribution in [0.15, 0.2) is 23.4 Å². The molecule has 0 saturated carbocycles. The van der Waals surface area contributed by atoms with Crippen molar-refractivity contribution in [3.8, 4) is 5.75 Å². The predicted molar refractivity (Wildman–Crippen MR) is 102 cm³/mol. The first kappa shape index (κ1) is 22.6. The van der Waals surface area contributed by atoms with Crippen LogP contribution in [0.25, 0.3) is 0 Å². The molecule has 7 nitrogen and oxygen atoms in total. The molecule has 9 heteroatoms. The maximum absolute atomic E-state index is 12.8. The number of esters is 1. The maximum atomic E-state index is 12.8. The first-order valence-corrected chi connectivity index (χ1v) is 9.03. The van der Waals surface area contributed by atoms with E-state index in [4.69, 9.17) is 9.47 Å². The van der Waals surface area contributed by atoms with Crippen molar-refractivity contribution in [1.82, 2.24) is 9.80 Å². The molecule has 1 heterocycles. The molecule has 1 aliphatic rings. The molecule has 2 amide bonds. The molecule has 0 aromatic heterocycles. The van der Waals surface area contributed by atoms with Crippen LogP contribution in [0.3, 0.4) is 0 Å². The smallest absolute Gasteiger partial charge is 0.387 e. The van der Waals surface area contributed by atoms with Gasteiger partial charge in [0, 0.05) is 26.9 Å². The van der Waals surface area contributed by atoms with Crippen molar-refractivity contribution in [2.24, 2.45) is 0 Å². The van der Waals surface area contributed by atoms with Crippen LogP contribution in [0, 0.1) is 13.8 Å². The molecule has 1 aromatic carbocycles. The number of halogens is 2. The summed E-state index contributed by atoms with van der Waals surface area (Å²) in [7, 11) is 4.64. The van der Waals surface area contributed by atoms with E-state index in [9.17, 15) is 18.4 Å². The second-order valence-corrected chi connectivity index (χ2v) is 6.85. The summed E-state index contributed by atoms with van der Waals surface area (Å²) >= 11 is 0. The van der Waals surface area contributed by atoms with Gasteiger partial charge >= 0.3 is 18.6 Å². The number of likely N-dealkylation sites (N-methyl/N-ethyl adjacent to an activating group) is 1. The summed E-state index contributed by atoms with van der Waals surface area (Å²) in [5.74, 6) is -0.491. The van der Waals surface area contributed by atoms with Gasteiger partial charge in [-0.15, -0.1) is 0 Å². The number of hydrogen-bond acceptors (Lipinski definition) is 5. The van der Waals surface area contributed by atoms with Gasteiger partial charge in [-0.3, -0.25) is 0 Å². The first-order chi connectivity index (χ1) is 13.6. The van der Waals surface area contributed by atoms with Crippen molar-refractivity contribution in [3.63, 3.8) is 0 Å². The van der Waals surface area contributed by atoms with Gasteiger partial charge in [-0.1, -0.05) is 0 Å². The number of carbonyl (C=O) groups excluding carboxylic acids is 2. The Morgan fingerprint density at radius 2 is 1.72 bits per heavy atom. The molecule has 0 fully saturated rings. The summed E-state index contributed by atoms with van der Waals surface area (Å²) in [5.41, 5.74) is 2.31. The lowest BCUT2D eigenvalue weighted by atomic mass is 9.91. The predicted octanol–water partition coefficient (Wildman–Crippen LogP) is 3.41. The van der Waals surface area contributed by atoms with Crippen molar-refractivity contribution < 1.29 is 32.6 Å². The highest BCUT2D eigenvalue weighted by molar-refractivity contribution is 5.95. The van der Waals surface area contributed by atoms with Crippen LogP contribution >= 0.6 is 0 Å². The van der Waals surface area contributed by atoms with Gasteiger partial charge in [0.25, 0.3) is 0 Å². The summed E-state index contributed by atoms with van der Waals surface area (Å²) in [6.45, 7) is 2.30. The van der Waals surface area contributed by atoms with Gasteiger partial charge in [0.05, 0.1) is 18.2 Å². The van der Waals surface area contributed by atoms with Gasteiger partial charge in [0.1, 0.15) is 12.4 Å². The number of nitrogens with zero attached hydrogens (tertiary/aromatic N) is 2. The van der Waals surface area contributed by atoms with E-state index < -0.39 is 18.6 Å². The van der Waals surface area contributed by atoms with E-state index in [-0.39, 0.29) is 25.0 Å². The molecular weight excluding hydrogens is 386 g/mol. The molecule has 0 bridgehead atoms. The molecule has 0 saturated heterocycles. The minimum atomic E-state index is -2.95. The van der Waals surface area contributed by atoms with Crippen LogP contribution in [0.2, 0.25) is 0 Å². The standard InChI is InChI=1S/C20H26F2N2O5/c1-11-9-14(10-12(2)17(11)29-19(21)22)16-15(18(25)28-8-7-27-6)13(3)23(4)20(26)24(16)5/h9-10,16,19H,7-8H2,1-6H3/t16-/m0/s1.